The zero-order valence-electron chi connectivity index (χ0n) is 27.5. The first-order chi connectivity index (χ1) is 19.7. The van der Waals surface area contributed by atoms with Crippen LogP contribution in [0.1, 0.15) is 74.7 Å². The molecule has 11 nitrogen and oxygen atoms in total. The van der Waals surface area contributed by atoms with Crippen molar-refractivity contribution in [2.45, 2.75) is 79.9 Å². The molecule has 2 amide bonds. The average molecular weight is 622 g/mol. The van der Waals surface area contributed by atoms with E-state index in [9.17, 15) is 18.0 Å². The van der Waals surface area contributed by atoms with E-state index in [1.54, 1.807) is 24.3 Å². The summed E-state index contributed by atoms with van der Waals surface area (Å²) in [7, 11) is -1.65. The number of ether oxygens (including phenoxy) is 1. The van der Waals surface area contributed by atoms with Gasteiger partial charge in [0.2, 0.25) is 27.5 Å². The molecule has 0 fully saturated rings. The van der Waals surface area contributed by atoms with Crippen molar-refractivity contribution < 1.29 is 27.2 Å². The second-order valence-electron chi connectivity index (χ2n) is 14.3. The van der Waals surface area contributed by atoms with Gasteiger partial charge in [0.05, 0.1) is 13.2 Å². The van der Waals surface area contributed by atoms with Crippen LogP contribution in [-0.2, 0) is 24.2 Å². The fourth-order valence-electron chi connectivity index (χ4n) is 4.70. The molecule has 12 heteroatoms. The molecule has 2 rings (SSSR count). The molecule has 0 unspecified atom stereocenters. The fourth-order valence-corrected chi connectivity index (χ4v) is 5.12. The summed E-state index contributed by atoms with van der Waals surface area (Å²) < 4.78 is 34.5. The Balaban J connectivity index is 1.88. The number of aromatic nitrogens is 2. The molecule has 0 saturated carbocycles. The molecule has 0 bridgehead atoms. The van der Waals surface area contributed by atoms with Gasteiger partial charge in [0, 0.05) is 34.9 Å². The van der Waals surface area contributed by atoms with Crippen LogP contribution in [0.25, 0.3) is 11.5 Å². The van der Waals surface area contributed by atoms with E-state index in [2.05, 4.69) is 53.8 Å². The number of benzene rings is 1. The number of carbonyl (C=O) groups excluding carboxylic acids is 2. The molecule has 0 aliphatic heterocycles. The molecule has 43 heavy (non-hydrogen) atoms. The Morgan fingerprint density at radius 2 is 1.37 bits per heavy atom. The number of amides is 2. The average Bonchev–Trinajstić information content (AvgIpc) is 3.38. The lowest BCUT2D eigenvalue weighted by atomic mass is 9.74. The lowest BCUT2D eigenvalue weighted by Crippen LogP contribution is -2.44. The smallest absolute Gasteiger partial charge is 0.335 e. The second-order valence-corrected chi connectivity index (χ2v) is 16.2. The zero-order valence-corrected chi connectivity index (χ0v) is 28.3. The van der Waals surface area contributed by atoms with Gasteiger partial charge in [0.15, 0.2) is 0 Å². The van der Waals surface area contributed by atoms with Crippen molar-refractivity contribution >= 4 is 27.3 Å². The van der Waals surface area contributed by atoms with Crippen LogP contribution in [0.3, 0.4) is 0 Å². The monoisotopic (exact) mass is 621 g/mol. The van der Waals surface area contributed by atoms with Gasteiger partial charge in [-0.15, -0.1) is 5.10 Å². The van der Waals surface area contributed by atoms with Gasteiger partial charge in [-0.05, 0) is 68.0 Å². The third-order valence-electron chi connectivity index (χ3n) is 7.35. The summed E-state index contributed by atoms with van der Waals surface area (Å²) in [6.07, 6.45) is 3.13. The van der Waals surface area contributed by atoms with Crippen molar-refractivity contribution in [3.63, 3.8) is 0 Å². The summed E-state index contributed by atoms with van der Waals surface area (Å²) in [4.78, 5) is 26.4. The van der Waals surface area contributed by atoms with E-state index in [-0.39, 0.29) is 28.5 Å². The molecule has 3 N–H and O–H groups in total. The maximum atomic E-state index is 13.2. The molecule has 242 valence electrons. The number of anilines is 1. The molecule has 0 saturated heterocycles. The van der Waals surface area contributed by atoms with Crippen LogP contribution in [0.4, 0.5) is 5.69 Å². The summed E-state index contributed by atoms with van der Waals surface area (Å²) in [5.41, 5.74) is -0.560. The standard InChI is InChI=1S/C31H51N5O6S/c1-28(2,15-17-32-9)20-41-21-29(3,4)16-18-33-25(37)30(5,6)19-31(7,8)26(38)34-23-13-11-22(12-14-23)24-35-36-27(42-24)43(10,39)40/h11-14,32H,15-21H2,1-10H3,(H,33,37)(H,34,38). The number of carbonyl (C=O) groups is 2. The van der Waals surface area contributed by atoms with Crippen molar-refractivity contribution in [1.82, 2.24) is 20.8 Å². The molecule has 0 radical (unpaired) electrons. The number of rotatable bonds is 17. The van der Waals surface area contributed by atoms with E-state index >= 15 is 0 Å². The van der Waals surface area contributed by atoms with Crippen LogP contribution in [0.2, 0.25) is 0 Å². The minimum atomic E-state index is -3.61. The number of hydrogen-bond acceptors (Lipinski definition) is 9. The lowest BCUT2D eigenvalue weighted by molar-refractivity contribution is -0.133. The number of sulfone groups is 1. The van der Waals surface area contributed by atoms with Crippen LogP contribution in [0.15, 0.2) is 33.9 Å². The fraction of sp³-hybridized carbons (Fsp3) is 0.677. The Hall–Kier alpha value is -2.83. The predicted octanol–water partition coefficient (Wildman–Crippen LogP) is 4.71. The summed E-state index contributed by atoms with van der Waals surface area (Å²) in [5.74, 6) is -0.267. The predicted molar refractivity (Wildman–Crippen MR) is 168 cm³/mol. The molecular formula is C31H51N5O6S. The SMILES string of the molecule is CNCCC(C)(C)COCC(C)(C)CCNC(=O)C(C)(C)CC(C)(C)C(=O)Nc1ccc(-c2nnc(S(C)(=O)=O)o2)cc1. The number of nitrogens with one attached hydrogen (secondary N) is 3. The third kappa shape index (κ3) is 11.6. The molecule has 1 aromatic heterocycles. The number of hydrogen-bond donors (Lipinski definition) is 3. The highest BCUT2D eigenvalue weighted by molar-refractivity contribution is 7.90. The van der Waals surface area contributed by atoms with Crippen LogP contribution in [0.5, 0.6) is 0 Å². The topological polar surface area (TPSA) is 153 Å². The van der Waals surface area contributed by atoms with Crippen molar-refractivity contribution in [3.8, 4) is 11.5 Å². The van der Waals surface area contributed by atoms with Crippen molar-refractivity contribution in [1.29, 1.82) is 0 Å². The van der Waals surface area contributed by atoms with Gasteiger partial charge in [-0.25, -0.2) is 8.42 Å². The highest BCUT2D eigenvalue weighted by Crippen LogP contribution is 2.35. The molecule has 0 aliphatic carbocycles. The molecule has 1 aromatic carbocycles. The van der Waals surface area contributed by atoms with E-state index in [1.165, 1.54) is 0 Å². The van der Waals surface area contributed by atoms with Gasteiger partial charge in [-0.3, -0.25) is 9.59 Å². The maximum Gasteiger partial charge on any atom is 0.335 e. The van der Waals surface area contributed by atoms with E-state index in [0.29, 0.717) is 37.4 Å². The Kier molecular flexibility index (Phi) is 12.1. The first-order valence-electron chi connectivity index (χ1n) is 14.6. The van der Waals surface area contributed by atoms with Gasteiger partial charge in [-0.1, -0.05) is 60.5 Å². The Morgan fingerprint density at radius 3 is 1.88 bits per heavy atom. The van der Waals surface area contributed by atoms with E-state index in [0.717, 1.165) is 25.6 Å². The zero-order chi connectivity index (χ0) is 32.7. The van der Waals surface area contributed by atoms with Gasteiger partial charge >= 0.3 is 5.22 Å². The van der Waals surface area contributed by atoms with Gasteiger partial charge in [-0.2, -0.15) is 0 Å². The Bertz CT molecular complexity index is 1330. The van der Waals surface area contributed by atoms with Crippen molar-refractivity contribution in [2.24, 2.45) is 21.7 Å². The van der Waals surface area contributed by atoms with Crippen molar-refractivity contribution in [2.75, 3.05) is 44.9 Å². The molecule has 0 spiro atoms. The summed E-state index contributed by atoms with van der Waals surface area (Å²) >= 11 is 0. The molecule has 0 atom stereocenters. The van der Waals surface area contributed by atoms with Gasteiger partial charge < -0.3 is 25.1 Å². The summed E-state index contributed by atoms with van der Waals surface area (Å²) in [6, 6.07) is 6.63. The number of nitrogens with zero attached hydrogens (tertiary/aromatic N) is 2. The minimum Gasteiger partial charge on any atom is -0.408 e. The lowest BCUT2D eigenvalue weighted by Gasteiger charge is -2.33. The van der Waals surface area contributed by atoms with Crippen LogP contribution < -0.4 is 16.0 Å². The maximum absolute atomic E-state index is 13.2. The molecular weight excluding hydrogens is 570 g/mol. The Labute approximate surface area is 257 Å². The first kappa shape index (κ1) is 36.4. The highest BCUT2D eigenvalue weighted by atomic mass is 32.2. The summed E-state index contributed by atoms with van der Waals surface area (Å²) in [5, 5.41) is 16.0. The molecule has 0 aliphatic rings. The van der Waals surface area contributed by atoms with Gasteiger partial charge in [0.1, 0.15) is 0 Å². The minimum absolute atomic E-state index is 0.0615. The second kappa shape index (κ2) is 14.3. The molecule has 2 aromatic rings. The molecule has 1 heterocycles. The van der Waals surface area contributed by atoms with Crippen molar-refractivity contribution in [3.05, 3.63) is 24.3 Å². The van der Waals surface area contributed by atoms with E-state index in [4.69, 9.17) is 9.15 Å². The normalized spacial score (nSPS) is 13.2. The highest BCUT2D eigenvalue weighted by Gasteiger charge is 2.39. The summed E-state index contributed by atoms with van der Waals surface area (Å²) in [6.45, 7) is 18.8. The van der Waals surface area contributed by atoms with Crippen LogP contribution >= 0.6 is 0 Å². The van der Waals surface area contributed by atoms with Gasteiger partial charge in [0.25, 0.3) is 0 Å². The third-order valence-corrected chi connectivity index (χ3v) is 8.15. The quantitative estimate of drug-likeness (QED) is 0.228. The van der Waals surface area contributed by atoms with E-state index in [1.807, 2.05) is 34.7 Å². The van der Waals surface area contributed by atoms with Crippen LogP contribution in [0, 0.1) is 21.7 Å². The largest absolute Gasteiger partial charge is 0.408 e. The van der Waals surface area contributed by atoms with E-state index < -0.39 is 25.9 Å². The Morgan fingerprint density at radius 1 is 0.837 bits per heavy atom. The van der Waals surface area contributed by atoms with Crippen LogP contribution in [-0.4, -0.2) is 70.0 Å². The first-order valence-corrected chi connectivity index (χ1v) is 16.5.